The second-order valence-electron chi connectivity index (χ2n) is 5.40. The summed E-state index contributed by atoms with van der Waals surface area (Å²) in [6.07, 6.45) is 2.95. The van der Waals surface area contributed by atoms with Gasteiger partial charge >= 0.3 is 0 Å². The van der Waals surface area contributed by atoms with Gasteiger partial charge in [-0.05, 0) is 36.4 Å². The number of benzene rings is 2. The topological polar surface area (TPSA) is 41.5 Å². The summed E-state index contributed by atoms with van der Waals surface area (Å²) < 4.78 is 5.41. The van der Waals surface area contributed by atoms with Crippen LogP contribution in [0, 0.1) is 0 Å². The molecule has 1 saturated heterocycles. The number of aliphatic hydroxyl groups is 1. The molecule has 3 heteroatoms. The fourth-order valence-corrected chi connectivity index (χ4v) is 3.10. The lowest BCUT2D eigenvalue weighted by Crippen LogP contribution is -2.38. The highest BCUT2D eigenvalue weighted by molar-refractivity contribution is 5.91. The highest BCUT2D eigenvalue weighted by Crippen LogP contribution is 2.33. The van der Waals surface area contributed by atoms with Crippen LogP contribution < -0.4 is 10.1 Å². The van der Waals surface area contributed by atoms with Crippen molar-refractivity contribution in [1.29, 1.82) is 0 Å². The molecule has 2 atom stereocenters. The summed E-state index contributed by atoms with van der Waals surface area (Å²) in [5.41, 5.74) is 0.987. The van der Waals surface area contributed by atoms with Crippen LogP contribution in [0.2, 0.25) is 0 Å². The van der Waals surface area contributed by atoms with Gasteiger partial charge in [0.2, 0.25) is 0 Å². The molecular formula is C17H21NO2. The maximum atomic E-state index is 10.7. The summed E-state index contributed by atoms with van der Waals surface area (Å²) in [5.74, 6) is 0.855. The van der Waals surface area contributed by atoms with Crippen LogP contribution in [0.25, 0.3) is 10.8 Å². The summed E-state index contributed by atoms with van der Waals surface area (Å²) in [7, 11) is 1.68. The summed E-state index contributed by atoms with van der Waals surface area (Å²) >= 11 is 0. The van der Waals surface area contributed by atoms with Crippen molar-refractivity contribution in [3.8, 4) is 5.75 Å². The Hall–Kier alpha value is -1.58. The van der Waals surface area contributed by atoms with Crippen LogP contribution in [0.4, 0.5) is 0 Å². The van der Waals surface area contributed by atoms with Gasteiger partial charge in [-0.25, -0.2) is 0 Å². The first-order chi connectivity index (χ1) is 9.81. The van der Waals surface area contributed by atoms with Crippen LogP contribution in [-0.4, -0.2) is 24.8 Å². The highest BCUT2D eigenvalue weighted by Gasteiger charge is 2.24. The zero-order valence-corrected chi connectivity index (χ0v) is 11.8. The number of nitrogens with one attached hydrogen (secondary N) is 1. The zero-order chi connectivity index (χ0) is 13.9. The highest BCUT2D eigenvalue weighted by atomic mass is 16.5. The lowest BCUT2D eigenvalue weighted by atomic mass is 9.91. The first kappa shape index (κ1) is 13.4. The van der Waals surface area contributed by atoms with Gasteiger partial charge in [-0.3, -0.25) is 0 Å². The van der Waals surface area contributed by atoms with Crippen molar-refractivity contribution in [2.45, 2.75) is 31.4 Å². The summed E-state index contributed by atoms with van der Waals surface area (Å²) in [5, 5.41) is 16.3. The number of fused-ring (bicyclic) bond motifs is 1. The average Bonchev–Trinajstić information content (AvgIpc) is 2.54. The lowest BCUT2D eigenvalue weighted by molar-refractivity contribution is 0.115. The van der Waals surface area contributed by atoms with Gasteiger partial charge in [-0.2, -0.15) is 0 Å². The van der Waals surface area contributed by atoms with E-state index in [1.54, 1.807) is 7.11 Å². The average molecular weight is 271 g/mol. The van der Waals surface area contributed by atoms with Gasteiger partial charge in [0, 0.05) is 11.4 Å². The molecule has 3 rings (SSSR count). The van der Waals surface area contributed by atoms with Crippen molar-refractivity contribution < 1.29 is 9.84 Å². The van der Waals surface area contributed by atoms with Gasteiger partial charge in [0.15, 0.2) is 0 Å². The fraction of sp³-hybridized carbons (Fsp3) is 0.412. The normalized spacial score (nSPS) is 20.8. The Morgan fingerprint density at radius 2 is 1.95 bits per heavy atom. The van der Waals surface area contributed by atoms with Crippen LogP contribution in [0.1, 0.15) is 30.9 Å². The van der Waals surface area contributed by atoms with E-state index >= 15 is 0 Å². The largest absolute Gasteiger partial charge is 0.496 e. The van der Waals surface area contributed by atoms with E-state index in [-0.39, 0.29) is 6.04 Å². The Balaban J connectivity index is 2.02. The minimum absolute atomic E-state index is 0.153. The zero-order valence-electron chi connectivity index (χ0n) is 11.8. The van der Waals surface area contributed by atoms with Gasteiger partial charge in [-0.15, -0.1) is 0 Å². The minimum atomic E-state index is -0.467. The minimum Gasteiger partial charge on any atom is -0.496 e. The predicted octanol–water partition coefficient (Wildman–Crippen LogP) is 3.02. The number of rotatable bonds is 3. The van der Waals surface area contributed by atoms with Crippen molar-refractivity contribution in [2.75, 3.05) is 13.7 Å². The molecule has 106 valence electrons. The summed E-state index contributed by atoms with van der Waals surface area (Å²) in [4.78, 5) is 0. The third kappa shape index (κ3) is 2.39. The number of piperidine rings is 1. The second-order valence-corrected chi connectivity index (χ2v) is 5.40. The molecule has 2 unspecified atom stereocenters. The van der Waals surface area contributed by atoms with Gasteiger partial charge in [-0.1, -0.05) is 36.8 Å². The van der Waals surface area contributed by atoms with E-state index in [1.807, 2.05) is 30.3 Å². The molecule has 1 heterocycles. The van der Waals surface area contributed by atoms with Gasteiger partial charge in [0.1, 0.15) is 5.75 Å². The molecule has 0 aromatic heterocycles. The first-order valence-electron chi connectivity index (χ1n) is 7.28. The van der Waals surface area contributed by atoms with E-state index in [4.69, 9.17) is 4.74 Å². The van der Waals surface area contributed by atoms with E-state index in [0.29, 0.717) is 0 Å². The molecule has 1 aliphatic heterocycles. The quantitative estimate of drug-likeness (QED) is 0.901. The van der Waals surface area contributed by atoms with Crippen molar-refractivity contribution in [3.63, 3.8) is 0 Å². The van der Waals surface area contributed by atoms with E-state index in [2.05, 4.69) is 11.4 Å². The monoisotopic (exact) mass is 271 g/mol. The Morgan fingerprint density at radius 1 is 1.15 bits per heavy atom. The first-order valence-corrected chi connectivity index (χ1v) is 7.28. The maximum Gasteiger partial charge on any atom is 0.126 e. The van der Waals surface area contributed by atoms with Crippen molar-refractivity contribution >= 4 is 10.8 Å². The Labute approximate surface area is 119 Å². The Kier molecular flexibility index (Phi) is 3.90. The molecule has 0 bridgehead atoms. The van der Waals surface area contributed by atoms with Gasteiger partial charge < -0.3 is 15.2 Å². The Morgan fingerprint density at radius 3 is 2.65 bits per heavy atom. The number of hydrogen-bond donors (Lipinski definition) is 2. The molecule has 0 amide bonds. The molecule has 2 aromatic carbocycles. The summed E-state index contributed by atoms with van der Waals surface area (Å²) in [6.45, 7) is 0.996. The lowest BCUT2D eigenvalue weighted by Gasteiger charge is -2.29. The third-order valence-electron chi connectivity index (χ3n) is 4.19. The van der Waals surface area contributed by atoms with Crippen molar-refractivity contribution in [3.05, 3.63) is 42.0 Å². The molecule has 0 spiro atoms. The van der Waals surface area contributed by atoms with Gasteiger partial charge in [0.05, 0.1) is 13.2 Å². The number of aliphatic hydroxyl groups excluding tert-OH is 1. The summed E-state index contributed by atoms with van der Waals surface area (Å²) in [6, 6.07) is 12.2. The molecule has 0 saturated carbocycles. The molecule has 3 nitrogen and oxygen atoms in total. The van der Waals surface area contributed by atoms with Crippen LogP contribution >= 0.6 is 0 Å². The number of hydrogen-bond acceptors (Lipinski definition) is 3. The molecule has 0 radical (unpaired) electrons. The third-order valence-corrected chi connectivity index (χ3v) is 4.19. The van der Waals surface area contributed by atoms with Gasteiger partial charge in [0.25, 0.3) is 0 Å². The van der Waals surface area contributed by atoms with Crippen LogP contribution in [-0.2, 0) is 0 Å². The SMILES string of the molecule is COc1ccc(C(O)C2CCCCN2)c2ccccc12. The van der Waals surface area contributed by atoms with Crippen molar-refractivity contribution in [1.82, 2.24) is 5.32 Å². The maximum absolute atomic E-state index is 10.7. The van der Waals surface area contributed by atoms with E-state index in [9.17, 15) is 5.11 Å². The number of methoxy groups -OCH3 is 1. The molecule has 20 heavy (non-hydrogen) atoms. The molecular weight excluding hydrogens is 250 g/mol. The number of ether oxygens (including phenoxy) is 1. The van der Waals surface area contributed by atoms with Crippen LogP contribution in [0.15, 0.2) is 36.4 Å². The molecule has 0 aliphatic carbocycles. The van der Waals surface area contributed by atoms with E-state index in [0.717, 1.165) is 35.1 Å². The Bertz CT molecular complexity index is 591. The van der Waals surface area contributed by atoms with Crippen molar-refractivity contribution in [2.24, 2.45) is 0 Å². The predicted molar refractivity (Wildman–Crippen MR) is 81.1 cm³/mol. The second kappa shape index (κ2) is 5.81. The van der Waals surface area contributed by atoms with Crippen LogP contribution in [0.3, 0.4) is 0 Å². The molecule has 2 N–H and O–H groups in total. The molecule has 1 fully saturated rings. The molecule has 2 aromatic rings. The van der Waals surface area contributed by atoms with E-state index in [1.165, 1.54) is 12.8 Å². The molecule has 1 aliphatic rings. The van der Waals surface area contributed by atoms with E-state index < -0.39 is 6.10 Å². The van der Waals surface area contributed by atoms with Crippen LogP contribution in [0.5, 0.6) is 5.75 Å². The standard InChI is InChI=1S/C17H21NO2/c1-20-16-10-9-14(12-6-2-3-7-13(12)16)17(19)15-8-4-5-11-18-15/h2-3,6-7,9-10,15,17-19H,4-5,8,11H2,1H3. The fourth-order valence-electron chi connectivity index (χ4n) is 3.10. The smallest absolute Gasteiger partial charge is 0.126 e.